The van der Waals surface area contributed by atoms with Crippen LogP contribution in [0.3, 0.4) is 0 Å². The Bertz CT molecular complexity index is 979. The van der Waals surface area contributed by atoms with Gasteiger partial charge in [-0.25, -0.2) is 0 Å². The molecule has 24 heavy (non-hydrogen) atoms. The number of nitrogens with zero attached hydrogens (tertiary/aromatic N) is 2. The number of aromatic hydroxyl groups is 2. The fourth-order valence-electron chi connectivity index (χ4n) is 2.51. The SMILES string of the molecule is O=C1c2cc(O)c(O)cc2C(=O)c2c1cc([N+](=O)[O-])cc2[N+](=O)[O-]. The summed E-state index contributed by atoms with van der Waals surface area (Å²) in [5.41, 5.74) is -3.33. The molecule has 0 aliphatic heterocycles. The van der Waals surface area contributed by atoms with E-state index in [1.54, 1.807) is 0 Å². The maximum atomic E-state index is 12.5. The predicted molar refractivity (Wildman–Crippen MR) is 76.4 cm³/mol. The smallest absolute Gasteiger partial charge is 0.288 e. The summed E-state index contributed by atoms with van der Waals surface area (Å²) in [5.74, 6) is -3.20. The molecule has 0 unspecified atom stereocenters. The van der Waals surface area contributed by atoms with Crippen molar-refractivity contribution in [1.82, 2.24) is 0 Å². The minimum absolute atomic E-state index is 0.308. The first-order valence-corrected chi connectivity index (χ1v) is 6.34. The van der Waals surface area contributed by atoms with Gasteiger partial charge in [0.15, 0.2) is 17.3 Å². The van der Waals surface area contributed by atoms with Crippen molar-refractivity contribution in [3.63, 3.8) is 0 Å². The number of rotatable bonds is 2. The number of hydrogen-bond acceptors (Lipinski definition) is 8. The molecular formula is C14H6N2O8. The molecule has 2 N–H and O–H groups in total. The number of non-ortho nitro benzene ring substituents is 1. The standard InChI is InChI=1S/C14H6N2O8/c17-10-3-6-7(4-11(10)18)14(20)12-8(13(6)19)1-5(15(21)22)2-9(12)16(23)24/h1-4,17-18H. The molecule has 0 saturated carbocycles. The number of carbonyl (C=O) groups excluding carboxylic acids is 2. The van der Waals surface area contributed by atoms with E-state index in [9.17, 15) is 40.0 Å². The number of fused-ring (bicyclic) bond motifs is 2. The molecule has 1 aliphatic carbocycles. The summed E-state index contributed by atoms with van der Waals surface area (Å²) in [7, 11) is 0. The van der Waals surface area contributed by atoms with Gasteiger partial charge >= 0.3 is 0 Å². The quantitative estimate of drug-likeness (QED) is 0.407. The van der Waals surface area contributed by atoms with E-state index in [4.69, 9.17) is 0 Å². The molecule has 0 fully saturated rings. The topological polar surface area (TPSA) is 161 Å². The number of phenolic OH excluding ortho intramolecular Hbond substituents is 2. The highest BCUT2D eigenvalue weighted by atomic mass is 16.6. The van der Waals surface area contributed by atoms with Crippen molar-refractivity contribution in [2.24, 2.45) is 0 Å². The second-order valence-corrected chi connectivity index (χ2v) is 4.95. The van der Waals surface area contributed by atoms with Crippen molar-refractivity contribution < 1.29 is 29.6 Å². The Morgan fingerprint density at radius 3 is 1.79 bits per heavy atom. The fourth-order valence-corrected chi connectivity index (χ4v) is 2.51. The van der Waals surface area contributed by atoms with Gasteiger partial charge in [-0.15, -0.1) is 0 Å². The van der Waals surface area contributed by atoms with Crippen molar-refractivity contribution in [3.8, 4) is 11.5 Å². The van der Waals surface area contributed by atoms with E-state index in [0.29, 0.717) is 6.07 Å². The lowest BCUT2D eigenvalue weighted by Gasteiger charge is -2.17. The summed E-state index contributed by atoms with van der Waals surface area (Å²) in [5, 5.41) is 41.0. The summed E-state index contributed by atoms with van der Waals surface area (Å²) in [6, 6.07) is 3.02. The lowest BCUT2D eigenvalue weighted by molar-refractivity contribution is -0.394. The molecule has 120 valence electrons. The summed E-state index contributed by atoms with van der Waals surface area (Å²) >= 11 is 0. The normalized spacial score (nSPS) is 12.5. The molecule has 1 aliphatic rings. The number of hydrogen-bond donors (Lipinski definition) is 2. The summed E-state index contributed by atoms with van der Waals surface area (Å²) in [6.45, 7) is 0. The van der Waals surface area contributed by atoms with Crippen molar-refractivity contribution in [2.75, 3.05) is 0 Å². The maximum absolute atomic E-state index is 12.5. The Balaban J connectivity index is 2.39. The minimum Gasteiger partial charge on any atom is -0.504 e. The Labute approximate surface area is 131 Å². The molecule has 2 aromatic carbocycles. The molecule has 0 aromatic heterocycles. The lowest BCUT2D eigenvalue weighted by Crippen LogP contribution is -2.22. The number of phenols is 2. The van der Waals surface area contributed by atoms with Gasteiger partial charge in [0.05, 0.1) is 15.9 Å². The average Bonchev–Trinajstić information content (AvgIpc) is 2.53. The third kappa shape index (κ3) is 1.97. The number of ketones is 2. The van der Waals surface area contributed by atoms with Crippen LogP contribution in [0.4, 0.5) is 11.4 Å². The van der Waals surface area contributed by atoms with Crippen molar-refractivity contribution >= 4 is 22.9 Å². The van der Waals surface area contributed by atoms with Crippen LogP contribution in [0, 0.1) is 20.2 Å². The van der Waals surface area contributed by atoms with Crippen LogP contribution in [0.1, 0.15) is 31.8 Å². The third-order valence-corrected chi connectivity index (χ3v) is 3.59. The molecule has 3 rings (SSSR count). The van der Waals surface area contributed by atoms with Crippen LogP contribution >= 0.6 is 0 Å². The van der Waals surface area contributed by atoms with Gasteiger partial charge in [0.1, 0.15) is 5.56 Å². The number of benzene rings is 2. The Kier molecular flexibility index (Phi) is 3.04. The number of carbonyl (C=O) groups is 2. The zero-order valence-electron chi connectivity index (χ0n) is 11.5. The molecule has 0 heterocycles. The zero-order chi connectivity index (χ0) is 17.8. The first-order chi connectivity index (χ1) is 11.2. The molecule has 2 aromatic rings. The van der Waals surface area contributed by atoms with Gasteiger partial charge < -0.3 is 10.2 Å². The maximum Gasteiger partial charge on any atom is 0.288 e. The van der Waals surface area contributed by atoms with Gasteiger partial charge in [0.2, 0.25) is 5.78 Å². The monoisotopic (exact) mass is 330 g/mol. The Hall–Kier alpha value is -3.82. The van der Waals surface area contributed by atoms with E-state index in [-0.39, 0.29) is 11.1 Å². The highest BCUT2D eigenvalue weighted by Crippen LogP contribution is 2.39. The predicted octanol–water partition coefficient (Wildman–Crippen LogP) is 1.69. The molecule has 0 atom stereocenters. The molecule has 0 amide bonds. The first-order valence-electron chi connectivity index (χ1n) is 6.34. The van der Waals surface area contributed by atoms with E-state index < -0.39 is 55.4 Å². The number of nitro groups is 2. The second-order valence-electron chi connectivity index (χ2n) is 4.95. The van der Waals surface area contributed by atoms with Gasteiger partial charge in [-0.1, -0.05) is 0 Å². The van der Waals surface area contributed by atoms with E-state index in [1.807, 2.05) is 0 Å². The number of nitro benzene ring substituents is 2. The van der Waals surface area contributed by atoms with Crippen LogP contribution in [0.15, 0.2) is 24.3 Å². The van der Waals surface area contributed by atoms with E-state index in [0.717, 1.165) is 18.2 Å². The van der Waals surface area contributed by atoms with Gasteiger partial charge in [0.25, 0.3) is 11.4 Å². The Morgan fingerprint density at radius 1 is 0.750 bits per heavy atom. The molecule has 10 heteroatoms. The van der Waals surface area contributed by atoms with Crippen LogP contribution in [-0.4, -0.2) is 31.6 Å². The molecule has 10 nitrogen and oxygen atoms in total. The molecule has 0 saturated heterocycles. The van der Waals surface area contributed by atoms with Crippen LogP contribution in [0.2, 0.25) is 0 Å². The van der Waals surface area contributed by atoms with E-state index in [1.165, 1.54) is 0 Å². The third-order valence-electron chi connectivity index (χ3n) is 3.59. The van der Waals surface area contributed by atoms with Crippen LogP contribution in [-0.2, 0) is 0 Å². The van der Waals surface area contributed by atoms with E-state index >= 15 is 0 Å². The molecule has 0 spiro atoms. The summed E-state index contributed by atoms with van der Waals surface area (Å²) in [4.78, 5) is 45.1. The van der Waals surface area contributed by atoms with Gasteiger partial charge in [-0.3, -0.25) is 29.8 Å². The van der Waals surface area contributed by atoms with Crippen LogP contribution < -0.4 is 0 Å². The zero-order valence-corrected chi connectivity index (χ0v) is 11.5. The van der Waals surface area contributed by atoms with Crippen LogP contribution in [0.25, 0.3) is 0 Å². The van der Waals surface area contributed by atoms with Gasteiger partial charge in [0, 0.05) is 22.8 Å². The van der Waals surface area contributed by atoms with Crippen molar-refractivity contribution in [3.05, 3.63) is 66.7 Å². The molecule has 0 radical (unpaired) electrons. The highest BCUT2D eigenvalue weighted by Gasteiger charge is 2.38. The molecule has 0 bridgehead atoms. The van der Waals surface area contributed by atoms with Crippen LogP contribution in [0.5, 0.6) is 11.5 Å². The minimum atomic E-state index is -0.998. The van der Waals surface area contributed by atoms with Crippen molar-refractivity contribution in [1.29, 1.82) is 0 Å². The van der Waals surface area contributed by atoms with Gasteiger partial charge in [-0.05, 0) is 12.1 Å². The summed E-state index contributed by atoms with van der Waals surface area (Å²) in [6.07, 6.45) is 0. The largest absolute Gasteiger partial charge is 0.504 e. The highest BCUT2D eigenvalue weighted by molar-refractivity contribution is 6.30. The Morgan fingerprint density at radius 2 is 1.29 bits per heavy atom. The van der Waals surface area contributed by atoms with Crippen molar-refractivity contribution in [2.45, 2.75) is 0 Å². The van der Waals surface area contributed by atoms with Gasteiger partial charge in [-0.2, -0.15) is 0 Å². The average molecular weight is 330 g/mol. The summed E-state index contributed by atoms with van der Waals surface area (Å²) < 4.78 is 0. The lowest BCUT2D eigenvalue weighted by atomic mass is 9.82. The second kappa shape index (κ2) is 4.84. The molecular weight excluding hydrogens is 324 g/mol. The first kappa shape index (κ1) is 15.1. The van der Waals surface area contributed by atoms with E-state index in [2.05, 4.69) is 0 Å². The fraction of sp³-hybridized carbons (Fsp3) is 0.